The third-order valence-electron chi connectivity index (χ3n) is 4.40. The van der Waals surface area contributed by atoms with Gasteiger partial charge in [0.1, 0.15) is 17.8 Å². The second-order valence-corrected chi connectivity index (χ2v) is 6.07. The maximum atomic E-state index is 13.1. The normalized spacial score (nSPS) is 15.9. The molecule has 6 nitrogen and oxygen atoms in total. The fourth-order valence-corrected chi connectivity index (χ4v) is 2.89. The van der Waals surface area contributed by atoms with Crippen molar-refractivity contribution in [2.24, 2.45) is 0 Å². The highest BCUT2D eigenvalue weighted by Gasteiger charge is 2.48. The van der Waals surface area contributed by atoms with Crippen LogP contribution in [0.15, 0.2) is 23.0 Å². The minimum Gasteiger partial charge on any atom is -0.465 e. The Morgan fingerprint density at radius 1 is 1.31 bits per heavy atom. The van der Waals surface area contributed by atoms with Gasteiger partial charge in [-0.25, -0.2) is 4.68 Å². The summed E-state index contributed by atoms with van der Waals surface area (Å²) in [5, 5.41) is 4.30. The molecule has 3 rings (SSSR count). The minimum atomic E-state index is -4.55. The van der Waals surface area contributed by atoms with Crippen LogP contribution in [0.1, 0.15) is 31.0 Å². The molecule has 1 fully saturated rings. The van der Waals surface area contributed by atoms with Crippen molar-refractivity contribution in [1.82, 2.24) is 9.78 Å². The van der Waals surface area contributed by atoms with Crippen molar-refractivity contribution in [3.05, 3.63) is 39.8 Å². The van der Waals surface area contributed by atoms with Crippen LogP contribution in [0.3, 0.4) is 0 Å². The topological polar surface area (TPSA) is 70.4 Å². The second kappa shape index (κ2) is 6.39. The van der Waals surface area contributed by atoms with Gasteiger partial charge in [-0.15, -0.1) is 0 Å². The summed E-state index contributed by atoms with van der Waals surface area (Å²) >= 11 is 0. The lowest BCUT2D eigenvalue weighted by Crippen LogP contribution is -2.31. The molecule has 9 heteroatoms. The number of halogens is 3. The SMILES string of the molecule is CCOC(=O)Cn1nc(C2(OC)CC2)c2cc(C(F)(F)F)ccc2c1=O. The second-order valence-electron chi connectivity index (χ2n) is 6.07. The van der Waals surface area contributed by atoms with E-state index in [1.165, 1.54) is 7.11 Å². The molecule has 0 amide bonds. The Hall–Kier alpha value is -2.42. The molecule has 0 unspecified atom stereocenters. The van der Waals surface area contributed by atoms with Gasteiger partial charge in [0, 0.05) is 12.5 Å². The Morgan fingerprint density at radius 3 is 2.54 bits per heavy atom. The molecular formula is C17H17F3N2O4. The molecule has 0 atom stereocenters. The highest BCUT2D eigenvalue weighted by molar-refractivity contribution is 5.85. The first-order valence-electron chi connectivity index (χ1n) is 8.05. The average Bonchev–Trinajstić information content (AvgIpc) is 3.37. The number of rotatable bonds is 5. The Labute approximate surface area is 146 Å². The Balaban J connectivity index is 2.23. The lowest BCUT2D eigenvalue weighted by atomic mass is 10.0. The predicted molar refractivity (Wildman–Crippen MR) is 85.6 cm³/mol. The number of ether oxygens (including phenoxy) is 2. The molecule has 0 bridgehead atoms. The number of alkyl halides is 3. The highest BCUT2D eigenvalue weighted by Crippen LogP contribution is 2.49. The van der Waals surface area contributed by atoms with Gasteiger partial charge in [0.05, 0.1) is 17.6 Å². The number of hydrogen-bond acceptors (Lipinski definition) is 5. The molecule has 1 aromatic heterocycles. The number of hydrogen-bond donors (Lipinski definition) is 0. The van der Waals surface area contributed by atoms with Gasteiger partial charge in [-0.1, -0.05) is 0 Å². The van der Waals surface area contributed by atoms with E-state index in [4.69, 9.17) is 9.47 Å². The van der Waals surface area contributed by atoms with Crippen molar-refractivity contribution in [2.45, 2.75) is 38.1 Å². The van der Waals surface area contributed by atoms with Gasteiger partial charge in [0.25, 0.3) is 5.56 Å². The molecule has 0 aliphatic heterocycles. The summed E-state index contributed by atoms with van der Waals surface area (Å²) in [7, 11) is 1.44. The van der Waals surface area contributed by atoms with Crippen molar-refractivity contribution in [3.8, 4) is 0 Å². The van der Waals surface area contributed by atoms with Crippen LogP contribution in [0.2, 0.25) is 0 Å². The van der Waals surface area contributed by atoms with E-state index >= 15 is 0 Å². The number of benzene rings is 1. The van der Waals surface area contributed by atoms with Crippen molar-refractivity contribution >= 4 is 16.7 Å². The Morgan fingerprint density at radius 2 is 2.00 bits per heavy atom. The Kier molecular flexibility index (Phi) is 4.51. The van der Waals surface area contributed by atoms with Crippen molar-refractivity contribution in [1.29, 1.82) is 0 Å². The molecular weight excluding hydrogens is 353 g/mol. The fraction of sp³-hybridized carbons (Fsp3) is 0.471. The molecule has 1 aliphatic carbocycles. The summed E-state index contributed by atoms with van der Waals surface area (Å²) in [5.74, 6) is -0.651. The lowest BCUT2D eigenvalue weighted by Gasteiger charge is -2.18. The zero-order valence-electron chi connectivity index (χ0n) is 14.2. The van der Waals surface area contributed by atoms with Gasteiger partial charge in [0.15, 0.2) is 0 Å². The standard InChI is InChI=1S/C17H17F3N2O4/c1-3-26-13(23)9-22-15(24)11-5-4-10(17(18,19)20)8-12(11)14(21-22)16(25-2)6-7-16/h4-5,8H,3,6-7,9H2,1-2H3. The van der Waals surface area contributed by atoms with E-state index in [0.717, 1.165) is 22.9 Å². The van der Waals surface area contributed by atoms with Crippen LogP contribution < -0.4 is 5.56 Å². The van der Waals surface area contributed by atoms with E-state index in [2.05, 4.69) is 5.10 Å². The quantitative estimate of drug-likeness (QED) is 0.757. The lowest BCUT2D eigenvalue weighted by molar-refractivity contribution is -0.144. The van der Waals surface area contributed by atoms with Crippen molar-refractivity contribution < 1.29 is 27.4 Å². The van der Waals surface area contributed by atoms with Crippen molar-refractivity contribution in [3.63, 3.8) is 0 Å². The zero-order valence-corrected chi connectivity index (χ0v) is 14.2. The van der Waals surface area contributed by atoms with Crippen LogP contribution >= 0.6 is 0 Å². The molecule has 0 saturated heterocycles. The number of methoxy groups -OCH3 is 1. The average molecular weight is 370 g/mol. The van der Waals surface area contributed by atoms with E-state index in [1.54, 1.807) is 6.92 Å². The summed E-state index contributed by atoms with van der Waals surface area (Å²) < 4.78 is 50.4. The van der Waals surface area contributed by atoms with Gasteiger partial charge in [0.2, 0.25) is 0 Å². The number of carbonyl (C=O) groups is 1. The molecule has 140 valence electrons. The van der Waals surface area contributed by atoms with Gasteiger partial charge < -0.3 is 9.47 Å². The molecule has 0 spiro atoms. The monoisotopic (exact) mass is 370 g/mol. The fourth-order valence-electron chi connectivity index (χ4n) is 2.89. The van der Waals surface area contributed by atoms with Crippen LogP contribution in [0, 0.1) is 0 Å². The van der Waals surface area contributed by atoms with E-state index in [1.807, 2.05) is 0 Å². The molecule has 1 heterocycles. The van der Waals surface area contributed by atoms with Crippen LogP contribution in [0.5, 0.6) is 0 Å². The largest absolute Gasteiger partial charge is 0.465 e. The first-order valence-corrected chi connectivity index (χ1v) is 8.05. The smallest absolute Gasteiger partial charge is 0.416 e. The molecule has 1 saturated carbocycles. The van der Waals surface area contributed by atoms with Crippen LogP contribution in [-0.2, 0) is 32.6 Å². The molecule has 1 aromatic carbocycles. The highest BCUT2D eigenvalue weighted by atomic mass is 19.4. The maximum absolute atomic E-state index is 13.1. The first kappa shape index (κ1) is 18.4. The van der Waals surface area contributed by atoms with E-state index in [0.29, 0.717) is 12.8 Å². The van der Waals surface area contributed by atoms with E-state index in [9.17, 15) is 22.8 Å². The van der Waals surface area contributed by atoms with Gasteiger partial charge in [-0.05, 0) is 38.0 Å². The summed E-state index contributed by atoms with van der Waals surface area (Å²) in [5.41, 5.74) is -2.14. The molecule has 1 aliphatic rings. The van der Waals surface area contributed by atoms with E-state index < -0.39 is 35.4 Å². The third kappa shape index (κ3) is 3.18. The van der Waals surface area contributed by atoms with Gasteiger partial charge in [-0.2, -0.15) is 18.3 Å². The maximum Gasteiger partial charge on any atom is 0.416 e. The van der Waals surface area contributed by atoms with Crippen LogP contribution in [0.25, 0.3) is 10.8 Å². The number of nitrogens with zero attached hydrogens (tertiary/aromatic N) is 2. The molecule has 0 N–H and O–H groups in total. The van der Waals surface area contributed by atoms with E-state index in [-0.39, 0.29) is 23.1 Å². The van der Waals surface area contributed by atoms with Crippen LogP contribution in [-0.4, -0.2) is 29.5 Å². The summed E-state index contributed by atoms with van der Waals surface area (Å²) in [6.45, 7) is 1.35. The number of fused-ring (bicyclic) bond motifs is 1. The molecule has 26 heavy (non-hydrogen) atoms. The Bertz CT molecular complexity index is 917. The number of carbonyl (C=O) groups excluding carboxylic acids is 1. The molecule has 0 radical (unpaired) electrons. The first-order chi connectivity index (χ1) is 12.2. The van der Waals surface area contributed by atoms with Gasteiger partial charge >= 0.3 is 12.1 Å². The van der Waals surface area contributed by atoms with Crippen LogP contribution in [0.4, 0.5) is 13.2 Å². The third-order valence-corrected chi connectivity index (χ3v) is 4.40. The number of esters is 1. The zero-order chi connectivity index (χ0) is 19.1. The summed E-state index contributed by atoms with van der Waals surface area (Å²) in [6.07, 6.45) is -3.41. The van der Waals surface area contributed by atoms with Gasteiger partial charge in [-0.3, -0.25) is 9.59 Å². The van der Waals surface area contributed by atoms with Crippen molar-refractivity contribution in [2.75, 3.05) is 13.7 Å². The summed E-state index contributed by atoms with van der Waals surface area (Å²) in [4.78, 5) is 24.3. The minimum absolute atomic E-state index is 0.0515. The molecule has 2 aromatic rings. The summed E-state index contributed by atoms with van der Waals surface area (Å²) in [6, 6.07) is 2.86. The predicted octanol–water partition coefficient (Wildman–Crippen LogP) is 2.61. The number of aromatic nitrogens is 2.